The average Bonchev–Trinajstić information content (AvgIpc) is 2.41. The zero-order chi connectivity index (χ0) is 4.69. The number of rotatable bonds is 0. The van der Waals surface area contributed by atoms with E-state index in [0.717, 1.165) is 0 Å². The minimum absolute atomic E-state index is 0.703. The van der Waals surface area contributed by atoms with Gasteiger partial charge in [0.25, 0.3) is 0 Å². The molecule has 2 rings (SSSR count). The van der Waals surface area contributed by atoms with Gasteiger partial charge in [-0.1, -0.05) is 12.8 Å². The first-order valence-corrected chi connectivity index (χ1v) is 3.12. The Morgan fingerprint density at radius 2 is 1.57 bits per heavy atom. The van der Waals surface area contributed by atoms with E-state index in [1.54, 1.807) is 0 Å². The van der Waals surface area contributed by atoms with Gasteiger partial charge in [0.15, 0.2) is 0 Å². The van der Waals surface area contributed by atoms with E-state index in [4.69, 9.17) is 4.74 Å². The third-order valence-electron chi connectivity index (χ3n) is 1.91. The highest BCUT2D eigenvalue weighted by atomic mass is 16.6. The van der Waals surface area contributed by atoms with E-state index in [2.05, 4.69) is 0 Å². The normalized spacial score (nSPS) is 48.0. The van der Waals surface area contributed by atoms with Crippen molar-refractivity contribution in [3.8, 4) is 0 Å². The summed E-state index contributed by atoms with van der Waals surface area (Å²) in [5.41, 5.74) is 0. The lowest BCUT2D eigenvalue weighted by Gasteiger charge is -2.00. The highest BCUT2D eigenvalue weighted by Gasteiger charge is 2.39. The molecule has 0 aromatic rings. The molecule has 1 nitrogen and oxygen atoms in total. The number of fused-ring (bicyclic) bond motifs is 1. The molecule has 1 heteroatoms. The molecule has 2 aliphatic rings. The Morgan fingerprint density at radius 1 is 1.00 bits per heavy atom. The second-order valence-corrected chi connectivity index (χ2v) is 2.50. The molecule has 2 fully saturated rings. The molecular formula is C6H10O. The summed E-state index contributed by atoms with van der Waals surface area (Å²) in [4.78, 5) is 0. The van der Waals surface area contributed by atoms with Crippen molar-refractivity contribution in [1.82, 2.24) is 0 Å². The summed E-state index contributed by atoms with van der Waals surface area (Å²) < 4.78 is 5.28. The number of hydrogen-bond acceptors (Lipinski definition) is 1. The Labute approximate surface area is 43.7 Å². The highest BCUT2D eigenvalue weighted by molar-refractivity contribution is 4.87. The van der Waals surface area contributed by atoms with Crippen LogP contribution in [0.15, 0.2) is 0 Å². The summed E-state index contributed by atoms with van der Waals surface area (Å²) in [5, 5.41) is 0. The summed E-state index contributed by atoms with van der Waals surface area (Å²) >= 11 is 0. The molecule has 0 unspecified atom stereocenters. The molecule has 1 aliphatic heterocycles. The zero-order valence-corrected chi connectivity index (χ0v) is 4.39. The first-order chi connectivity index (χ1) is 3.47. The van der Waals surface area contributed by atoms with Gasteiger partial charge in [-0.25, -0.2) is 0 Å². The summed E-state index contributed by atoms with van der Waals surface area (Å²) in [5.74, 6) is 0. The van der Waals surface area contributed by atoms with Crippen LogP contribution in [0.5, 0.6) is 0 Å². The Morgan fingerprint density at radius 3 is 2.00 bits per heavy atom. The predicted octanol–water partition coefficient (Wildman–Crippen LogP) is 1.33. The monoisotopic (exact) mass is 98.1 g/mol. The van der Waals surface area contributed by atoms with Gasteiger partial charge in [0.05, 0.1) is 12.2 Å². The van der Waals surface area contributed by atoms with Gasteiger partial charge in [-0.15, -0.1) is 0 Å². The molecule has 0 aromatic heterocycles. The van der Waals surface area contributed by atoms with Crippen LogP contribution in [0.1, 0.15) is 25.7 Å². The Bertz CT molecular complexity index is 70.2. The zero-order valence-electron chi connectivity index (χ0n) is 4.39. The molecule has 0 aromatic carbocycles. The molecule has 1 saturated carbocycles. The minimum atomic E-state index is 0.703. The summed E-state index contributed by atoms with van der Waals surface area (Å²) in [6, 6.07) is 0. The molecule has 0 radical (unpaired) electrons. The van der Waals surface area contributed by atoms with Crippen molar-refractivity contribution in [2.24, 2.45) is 0 Å². The molecule has 1 heterocycles. The van der Waals surface area contributed by atoms with Crippen molar-refractivity contribution in [2.45, 2.75) is 37.9 Å². The van der Waals surface area contributed by atoms with Gasteiger partial charge in [0, 0.05) is 0 Å². The molecule has 7 heavy (non-hydrogen) atoms. The van der Waals surface area contributed by atoms with Crippen LogP contribution < -0.4 is 0 Å². The van der Waals surface area contributed by atoms with Crippen LogP contribution in [0.3, 0.4) is 0 Å². The van der Waals surface area contributed by atoms with E-state index in [1.165, 1.54) is 25.7 Å². The molecule has 0 spiro atoms. The molecule has 0 N–H and O–H groups in total. The van der Waals surface area contributed by atoms with Gasteiger partial charge in [0.2, 0.25) is 0 Å². The second-order valence-electron chi connectivity index (χ2n) is 2.50. The van der Waals surface area contributed by atoms with E-state index < -0.39 is 0 Å². The maximum Gasteiger partial charge on any atom is 0.0841 e. The Kier molecular flexibility index (Phi) is 0.680. The lowest BCUT2D eigenvalue weighted by Crippen LogP contribution is -2.00. The van der Waals surface area contributed by atoms with Gasteiger partial charge in [0.1, 0.15) is 0 Å². The van der Waals surface area contributed by atoms with Crippen LogP contribution in [0.4, 0.5) is 0 Å². The van der Waals surface area contributed by atoms with Crippen LogP contribution >= 0.6 is 0 Å². The molecular weight excluding hydrogens is 88.1 g/mol. The average molecular weight is 98.1 g/mol. The summed E-state index contributed by atoms with van der Waals surface area (Å²) in [7, 11) is 0. The standard InChI is InChI=1S/C6H10O/c1-2-4-6-5(3-1)7-6/h5-6H,1-4H2/t5-,6-/m0/s1. The highest BCUT2D eigenvalue weighted by Crippen LogP contribution is 2.35. The van der Waals surface area contributed by atoms with Crippen molar-refractivity contribution < 1.29 is 4.74 Å². The lowest BCUT2D eigenvalue weighted by molar-refractivity contribution is 0.373. The SMILES string of the molecule is C1CC[C@@H]2O[C@H]2C1. The van der Waals surface area contributed by atoms with Crippen LogP contribution in [-0.2, 0) is 4.74 Å². The van der Waals surface area contributed by atoms with Crippen LogP contribution in [-0.4, -0.2) is 12.2 Å². The fourth-order valence-corrected chi connectivity index (χ4v) is 1.38. The Balaban J connectivity index is 1.95. The van der Waals surface area contributed by atoms with Crippen LogP contribution in [0, 0.1) is 0 Å². The third kappa shape index (κ3) is 0.556. The van der Waals surface area contributed by atoms with Crippen molar-refractivity contribution in [1.29, 1.82) is 0 Å². The van der Waals surface area contributed by atoms with Crippen molar-refractivity contribution in [2.75, 3.05) is 0 Å². The number of epoxide rings is 1. The van der Waals surface area contributed by atoms with Gasteiger partial charge in [-0.3, -0.25) is 0 Å². The van der Waals surface area contributed by atoms with Gasteiger partial charge >= 0.3 is 0 Å². The predicted molar refractivity (Wildman–Crippen MR) is 27.1 cm³/mol. The van der Waals surface area contributed by atoms with E-state index >= 15 is 0 Å². The summed E-state index contributed by atoms with van der Waals surface area (Å²) in [6.45, 7) is 0. The largest absolute Gasteiger partial charge is 0.370 e. The molecule has 2 atom stereocenters. The third-order valence-corrected chi connectivity index (χ3v) is 1.91. The van der Waals surface area contributed by atoms with E-state index in [-0.39, 0.29) is 0 Å². The molecule has 0 amide bonds. The maximum absolute atomic E-state index is 5.28. The van der Waals surface area contributed by atoms with E-state index in [0.29, 0.717) is 12.2 Å². The maximum atomic E-state index is 5.28. The van der Waals surface area contributed by atoms with Crippen molar-refractivity contribution in [3.05, 3.63) is 0 Å². The van der Waals surface area contributed by atoms with Crippen molar-refractivity contribution >= 4 is 0 Å². The number of hydrogen-bond donors (Lipinski definition) is 0. The molecule has 40 valence electrons. The Hall–Kier alpha value is -0.0400. The van der Waals surface area contributed by atoms with Gasteiger partial charge in [-0.05, 0) is 12.8 Å². The lowest BCUT2D eigenvalue weighted by atomic mass is 10.0. The van der Waals surface area contributed by atoms with Crippen LogP contribution in [0.2, 0.25) is 0 Å². The first kappa shape index (κ1) is 3.90. The number of ether oxygens (including phenoxy) is 1. The van der Waals surface area contributed by atoms with Crippen LogP contribution in [0.25, 0.3) is 0 Å². The van der Waals surface area contributed by atoms with Gasteiger partial charge < -0.3 is 4.74 Å². The topological polar surface area (TPSA) is 12.5 Å². The van der Waals surface area contributed by atoms with Gasteiger partial charge in [-0.2, -0.15) is 0 Å². The fraction of sp³-hybridized carbons (Fsp3) is 1.00. The van der Waals surface area contributed by atoms with Crippen molar-refractivity contribution in [3.63, 3.8) is 0 Å². The summed E-state index contributed by atoms with van der Waals surface area (Å²) in [6.07, 6.45) is 6.89. The fourth-order valence-electron chi connectivity index (χ4n) is 1.38. The first-order valence-electron chi connectivity index (χ1n) is 3.12. The molecule has 0 bridgehead atoms. The molecule has 1 saturated heterocycles. The smallest absolute Gasteiger partial charge is 0.0841 e. The quantitative estimate of drug-likeness (QED) is 0.416. The second kappa shape index (κ2) is 1.22. The van der Waals surface area contributed by atoms with E-state index in [9.17, 15) is 0 Å². The minimum Gasteiger partial charge on any atom is -0.370 e. The van der Waals surface area contributed by atoms with E-state index in [1.807, 2.05) is 0 Å². The molecule has 1 aliphatic carbocycles.